The molecule has 196 valence electrons. The highest BCUT2D eigenvalue weighted by molar-refractivity contribution is 6.34. The molecule has 0 aliphatic heterocycles. The van der Waals surface area contributed by atoms with Crippen LogP contribution in [0.3, 0.4) is 0 Å². The summed E-state index contributed by atoms with van der Waals surface area (Å²) < 4.78 is 7.12. The summed E-state index contributed by atoms with van der Waals surface area (Å²) in [6.07, 6.45) is 3.94. The molecule has 37 heavy (non-hydrogen) atoms. The molecule has 1 heterocycles. The molecule has 0 bridgehead atoms. The number of ether oxygens (including phenoxy) is 1. The van der Waals surface area contributed by atoms with Crippen LogP contribution in [0.25, 0.3) is 5.69 Å². The lowest BCUT2D eigenvalue weighted by molar-refractivity contribution is -0.115. The molecule has 0 radical (unpaired) electrons. The van der Waals surface area contributed by atoms with Gasteiger partial charge in [0.15, 0.2) is 5.78 Å². The zero-order valence-electron chi connectivity index (χ0n) is 21.6. The molecule has 0 spiro atoms. The lowest BCUT2D eigenvalue weighted by Crippen LogP contribution is -2.28. The number of hydrogen-bond donors (Lipinski definition) is 3. The number of rotatable bonds is 9. The molecule has 3 rings (SSSR count). The zero-order valence-corrected chi connectivity index (χ0v) is 22.3. The Morgan fingerprint density at radius 2 is 1.78 bits per heavy atom. The van der Waals surface area contributed by atoms with Gasteiger partial charge in [-0.05, 0) is 51.0 Å². The second kappa shape index (κ2) is 11.9. The van der Waals surface area contributed by atoms with E-state index in [1.165, 1.54) is 6.07 Å². The maximum atomic E-state index is 12.8. The fraction of sp³-hybridized carbons (Fsp3) is 0.333. The molecule has 0 aliphatic carbocycles. The van der Waals surface area contributed by atoms with Gasteiger partial charge in [-0.3, -0.25) is 14.9 Å². The van der Waals surface area contributed by atoms with Crippen molar-refractivity contribution < 1.29 is 19.1 Å². The van der Waals surface area contributed by atoms with E-state index in [1.54, 1.807) is 68.3 Å². The average molecular weight is 526 g/mol. The number of ketones is 1. The quantitative estimate of drug-likeness (QED) is 0.228. The summed E-state index contributed by atoms with van der Waals surface area (Å²) >= 11 is 6.45. The predicted octanol–water partition coefficient (Wildman–Crippen LogP) is 6.15. The lowest BCUT2D eigenvalue weighted by atomic mass is 10.1. The molecule has 10 heteroatoms. The van der Waals surface area contributed by atoms with E-state index in [0.717, 1.165) is 5.69 Å². The normalized spacial score (nSPS) is 11.2. The van der Waals surface area contributed by atoms with Crippen LogP contribution >= 0.6 is 11.6 Å². The maximum Gasteiger partial charge on any atom is 0.412 e. The van der Waals surface area contributed by atoms with Crippen molar-refractivity contribution in [3.63, 3.8) is 0 Å². The molecule has 0 saturated carbocycles. The van der Waals surface area contributed by atoms with Crippen LogP contribution in [0.15, 0.2) is 55.1 Å². The second-order valence-corrected chi connectivity index (χ2v) is 10.4. The summed E-state index contributed by atoms with van der Waals surface area (Å²) in [7, 11) is 0. The van der Waals surface area contributed by atoms with Crippen molar-refractivity contribution in [3.8, 4) is 5.69 Å². The van der Waals surface area contributed by atoms with Crippen molar-refractivity contribution in [3.05, 3.63) is 65.7 Å². The number of nitrogens with zero attached hydrogens (tertiary/aromatic N) is 2. The highest BCUT2D eigenvalue weighted by Crippen LogP contribution is 2.34. The number of hydrogen-bond acceptors (Lipinski definition) is 6. The Bertz CT molecular complexity index is 1270. The van der Waals surface area contributed by atoms with Gasteiger partial charge in [0.25, 0.3) is 0 Å². The Hall–Kier alpha value is -3.85. The minimum absolute atomic E-state index is 0.246. The van der Waals surface area contributed by atoms with Crippen LogP contribution in [-0.2, 0) is 9.53 Å². The minimum atomic E-state index is -0.712. The minimum Gasteiger partial charge on any atom is -0.444 e. The summed E-state index contributed by atoms with van der Waals surface area (Å²) in [6, 6.07) is 10.1. The van der Waals surface area contributed by atoms with Gasteiger partial charge in [-0.25, -0.2) is 9.78 Å². The van der Waals surface area contributed by atoms with E-state index in [9.17, 15) is 14.4 Å². The summed E-state index contributed by atoms with van der Waals surface area (Å²) in [4.78, 5) is 42.2. The number of aromatic nitrogens is 2. The van der Waals surface area contributed by atoms with Gasteiger partial charge >= 0.3 is 6.09 Å². The van der Waals surface area contributed by atoms with Gasteiger partial charge in [0.2, 0.25) is 5.91 Å². The molecule has 2 aromatic carbocycles. The number of anilines is 3. The molecule has 0 unspecified atom stereocenters. The third-order valence-corrected chi connectivity index (χ3v) is 5.32. The Balaban J connectivity index is 1.78. The van der Waals surface area contributed by atoms with Crippen molar-refractivity contribution in [1.29, 1.82) is 0 Å². The third-order valence-electron chi connectivity index (χ3n) is 5.01. The zero-order chi connectivity index (χ0) is 27.2. The van der Waals surface area contributed by atoms with Gasteiger partial charge in [-0.1, -0.05) is 37.6 Å². The van der Waals surface area contributed by atoms with Gasteiger partial charge < -0.3 is 19.9 Å². The monoisotopic (exact) mass is 525 g/mol. The van der Waals surface area contributed by atoms with E-state index < -0.39 is 24.0 Å². The van der Waals surface area contributed by atoms with Gasteiger partial charge in [0, 0.05) is 30.2 Å². The van der Waals surface area contributed by atoms with Crippen LogP contribution in [0.1, 0.15) is 51.4 Å². The summed E-state index contributed by atoms with van der Waals surface area (Å²) in [5, 5.41) is 8.94. The number of carbonyl (C=O) groups excluding carboxylic acids is 3. The van der Waals surface area contributed by atoms with Gasteiger partial charge in [-0.2, -0.15) is 0 Å². The van der Waals surface area contributed by atoms with Crippen LogP contribution in [0.4, 0.5) is 21.9 Å². The summed E-state index contributed by atoms with van der Waals surface area (Å²) in [6.45, 7) is 10.0. The standard InChI is InChI=1S/C27H32ClN5O4/c1-17(2)15-30-21-13-23(32-26(36)37-27(3,4)5)22(12-20(21)28)31-25(35)14-24(34)18-7-6-8-19(11-18)33-10-9-29-16-33/h6-13,16-17,30H,14-15H2,1-5H3,(H,31,35)(H,32,36). The van der Waals surface area contributed by atoms with Crippen molar-refractivity contribution in [2.75, 3.05) is 22.5 Å². The van der Waals surface area contributed by atoms with Crippen molar-refractivity contribution >= 4 is 46.4 Å². The van der Waals surface area contributed by atoms with E-state index in [2.05, 4.69) is 34.8 Å². The van der Waals surface area contributed by atoms with Crippen molar-refractivity contribution in [2.24, 2.45) is 5.92 Å². The number of amides is 2. The van der Waals surface area contributed by atoms with Crippen LogP contribution in [0.2, 0.25) is 5.02 Å². The first kappa shape index (κ1) is 27.7. The summed E-state index contributed by atoms with van der Waals surface area (Å²) in [5.74, 6) is -0.553. The highest BCUT2D eigenvalue weighted by atomic mass is 35.5. The van der Waals surface area contributed by atoms with Crippen LogP contribution in [-0.4, -0.2) is 39.5 Å². The Morgan fingerprint density at radius 3 is 2.43 bits per heavy atom. The van der Waals surface area contributed by atoms with Gasteiger partial charge in [-0.15, -0.1) is 0 Å². The fourth-order valence-corrected chi connectivity index (χ4v) is 3.57. The van der Waals surface area contributed by atoms with E-state index in [1.807, 2.05) is 6.07 Å². The van der Waals surface area contributed by atoms with Crippen LogP contribution < -0.4 is 16.0 Å². The Labute approximate surface area is 221 Å². The smallest absolute Gasteiger partial charge is 0.412 e. The van der Waals surface area contributed by atoms with E-state index in [4.69, 9.17) is 16.3 Å². The molecule has 3 aromatic rings. The molecule has 1 aromatic heterocycles. The third kappa shape index (κ3) is 8.35. The van der Waals surface area contributed by atoms with E-state index >= 15 is 0 Å². The number of imidazole rings is 1. The molecular formula is C27H32ClN5O4. The first-order valence-corrected chi connectivity index (χ1v) is 12.3. The van der Waals surface area contributed by atoms with Gasteiger partial charge in [0.1, 0.15) is 5.60 Å². The molecule has 9 nitrogen and oxygen atoms in total. The van der Waals surface area contributed by atoms with E-state index in [0.29, 0.717) is 28.7 Å². The Kier molecular flexibility index (Phi) is 8.94. The number of nitrogens with one attached hydrogen (secondary N) is 3. The largest absolute Gasteiger partial charge is 0.444 e. The summed E-state index contributed by atoms with van der Waals surface area (Å²) in [5.41, 5.74) is 1.55. The molecule has 0 aliphatic rings. The number of halogens is 1. The van der Waals surface area contributed by atoms with Crippen LogP contribution in [0.5, 0.6) is 0 Å². The number of carbonyl (C=O) groups is 3. The SMILES string of the molecule is CC(C)CNc1cc(NC(=O)OC(C)(C)C)c(NC(=O)CC(=O)c2cccc(-n3ccnc3)c2)cc1Cl. The van der Waals surface area contributed by atoms with E-state index in [-0.39, 0.29) is 17.2 Å². The average Bonchev–Trinajstić information content (AvgIpc) is 3.33. The van der Waals surface area contributed by atoms with Crippen molar-refractivity contribution in [1.82, 2.24) is 9.55 Å². The second-order valence-electron chi connectivity index (χ2n) is 9.95. The number of benzene rings is 2. The highest BCUT2D eigenvalue weighted by Gasteiger charge is 2.20. The topological polar surface area (TPSA) is 114 Å². The predicted molar refractivity (Wildman–Crippen MR) is 146 cm³/mol. The molecule has 2 amide bonds. The molecule has 0 saturated heterocycles. The molecular weight excluding hydrogens is 494 g/mol. The first-order valence-electron chi connectivity index (χ1n) is 11.9. The first-order chi connectivity index (χ1) is 17.4. The van der Waals surface area contributed by atoms with Crippen molar-refractivity contribution in [2.45, 2.75) is 46.6 Å². The molecule has 0 atom stereocenters. The number of Topliss-reactive ketones (excluding diaryl/α,β-unsaturated/α-hetero) is 1. The molecule has 3 N–H and O–H groups in total. The molecule has 0 fully saturated rings. The maximum absolute atomic E-state index is 12.8. The van der Waals surface area contributed by atoms with Gasteiger partial charge in [0.05, 0.1) is 34.8 Å². The Morgan fingerprint density at radius 1 is 1.05 bits per heavy atom. The fourth-order valence-electron chi connectivity index (χ4n) is 3.34. The lowest BCUT2D eigenvalue weighted by Gasteiger charge is -2.21. The van der Waals surface area contributed by atoms with Crippen LogP contribution in [0, 0.1) is 5.92 Å².